The van der Waals surface area contributed by atoms with Gasteiger partial charge in [0.25, 0.3) is 5.91 Å². The molecule has 0 aliphatic rings. The number of thiophene rings is 1. The van der Waals surface area contributed by atoms with Crippen LogP contribution < -0.4 is 5.32 Å². The molecular weight excluding hydrogens is 258 g/mol. The molecule has 0 spiro atoms. The molecule has 90 valence electrons. The van der Waals surface area contributed by atoms with Gasteiger partial charge in [-0.3, -0.25) is 14.4 Å². The summed E-state index contributed by atoms with van der Waals surface area (Å²) in [6.45, 7) is 2.55. The van der Waals surface area contributed by atoms with Crippen LogP contribution in [0.1, 0.15) is 23.5 Å². The Bertz CT molecular complexity index is 451. The average molecular weight is 269 g/mol. The van der Waals surface area contributed by atoms with Gasteiger partial charge in [-0.05, 0) is 25.3 Å². The Morgan fingerprint density at radius 2 is 1.88 bits per heavy atom. The molecule has 0 fully saturated rings. The predicted molar refractivity (Wildman–Crippen MR) is 69.2 cm³/mol. The van der Waals surface area contributed by atoms with Gasteiger partial charge < -0.3 is 5.32 Å². The fourth-order valence-electron chi connectivity index (χ4n) is 1.31. The monoisotopic (exact) mass is 269 g/mol. The van der Waals surface area contributed by atoms with E-state index in [2.05, 4.69) is 5.32 Å². The van der Waals surface area contributed by atoms with Crippen LogP contribution >= 0.6 is 23.6 Å². The molecule has 0 aliphatic heterocycles. The molecule has 0 bridgehead atoms. The van der Waals surface area contributed by atoms with Crippen LogP contribution in [0.3, 0.4) is 0 Å². The molecular formula is C11H11NO3S2. The quantitative estimate of drug-likeness (QED) is 0.666. The Kier molecular flexibility index (Phi) is 4.65. The SMILES string of the molecule is CC(=O)C(C(C)=O)C(=S)NC(=O)c1cccs1. The zero-order chi connectivity index (χ0) is 13.0. The van der Waals surface area contributed by atoms with Crippen molar-refractivity contribution in [3.8, 4) is 0 Å². The zero-order valence-corrected chi connectivity index (χ0v) is 11.0. The first-order chi connectivity index (χ1) is 7.93. The summed E-state index contributed by atoms with van der Waals surface area (Å²) in [7, 11) is 0. The Morgan fingerprint density at radius 3 is 2.29 bits per heavy atom. The summed E-state index contributed by atoms with van der Waals surface area (Å²) in [4.78, 5) is 34.6. The average Bonchev–Trinajstić information content (AvgIpc) is 2.68. The first-order valence-electron chi connectivity index (χ1n) is 4.83. The van der Waals surface area contributed by atoms with Crippen LogP contribution in [0, 0.1) is 5.92 Å². The number of amides is 1. The minimum atomic E-state index is -1.03. The zero-order valence-electron chi connectivity index (χ0n) is 9.35. The molecule has 0 unspecified atom stereocenters. The maximum absolute atomic E-state index is 11.7. The van der Waals surface area contributed by atoms with Crippen molar-refractivity contribution in [2.24, 2.45) is 5.92 Å². The summed E-state index contributed by atoms with van der Waals surface area (Å²) >= 11 is 6.17. The highest BCUT2D eigenvalue weighted by Gasteiger charge is 2.26. The van der Waals surface area contributed by atoms with E-state index in [-0.39, 0.29) is 16.6 Å². The minimum Gasteiger partial charge on any atom is -0.315 e. The molecule has 0 atom stereocenters. The first kappa shape index (κ1) is 13.7. The second-order valence-corrected chi connectivity index (χ2v) is 4.84. The van der Waals surface area contributed by atoms with Gasteiger partial charge in [-0.25, -0.2) is 0 Å². The number of ketones is 2. The van der Waals surface area contributed by atoms with Crippen LogP contribution in [0.4, 0.5) is 0 Å². The summed E-state index contributed by atoms with van der Waals surface area (Å²) in [6.07, 6.45) is 0. The first-order valence-corrected chi connectivity index (χ1v) is 6.12. The van der Waals surface area contributed by atoms with Crippen LogP contribution in [0.25, 0.3) is 0 Å². The molecule has 1 heterocycles. The molecule has 4 nitrogen and oxygen atoms in total. The Labute approximate surface area is 108 Å². The van der Waals surface area contributed by atoms with Crippen molar-refractivity contribution in [3.63, 3.8) is 0 Å². The van der Waals surface area contributed by atoms with Gasteiger partial charge >= 0.3 is 0 Å². The van der Waals surface area contributed by atoms with E-state index in [1.807, 2.05) is 0 Å². The molecule has 1 aromatic rings. The number of carbonyl (C=O) groups is 3. The van der Waals surface area contributed by atoms with Crippen molar-refractivity contribution >= 4 is 46.0 Å². The number of carbonyl (C=O) groups excluding carboxylic acids is 3. The van der Waals surface area contributed by atoms with Crippen molar-refractivity contribution in [2.45, 2.75) is 13.8 Å². The van der Waals surface area contributed by atoms with E-state index in [0.717, 1.165) is 0 Å². The van der Waals surface area contributed by atoms with E-state index >= 15 is 0 Å². The second kappa shape index (κ2) is 5.79. The highest BCUT2D eigenvalue weighted by molar-refractivity contribution is 7.80. The lowest BCUT2D eigenvalue weighted by Gasteiger charge is -2.12. The molecule has 0 saturated carbocycles. The van der Waals surface area contributed by atoms with Crippen LogP contribution in [-0.4, -0.2) is 22.5 Å². The van der Waals surface area contributed by atoms with Gasteiger partial charge in [-0.2, -0.15) is 0 Å². The lowest BCUT2D eigenvalue weighted by molar-refractivity contribution is -0.127. The number of thiocarbonyl (C=S) groups is 1. The molecule has 0 radical (unpaired) electrons. The van der Waals surface area contributed by atoms with Crippen molar-refractivity contribution < 1.29 is 14.4 Å². The van der Waals surface area contributed by atoms with Gasteiger partial charge in [0.05, 0.1) is 4.88 Å². The molecule has 0 saturated heterocycles. The van der Waals surface area contributed by atoms with Crippen LogP contribution in [0.5, 0.6) is 0 Å². The third kappa shape index (κ3) is 3.54. The highest BCUT2D eigenvalue weighted by Crippen LogP contribution is 2.09. The molecule has 0 aliphatic carbocycles. The van der Waals surface area contributed by atoms with E-state index in [1.54, 1.807) is 17.5 Å². The largest absolute Gasteiger partial charge is 0.315 e. The van der Waals surface area contributed by atoms with E-state index in [4.69, 9.17) is 12.2 Å². The normalized spacial score (nSPS) is 10.1. The summed E-state index contributed by atoms with van der Waals surface area (Å²) < 4.78 is 0. The highest BCUT2D eigenvalue weighted by atomic mass is 32.1. The van der Waals surface area contributed by atoms with Gasteiger partial charge in [-0.1, -0.05) is 18.3 Å². The maximum Gasteiger partial charge on any atom is 0.266 e. The van der Waals surface area contributed by atoms with Crippen molar-refractivity contribution in [1.82, 2.24) is 5.32 Å². The van der Waals surface area contributed by atoms with Gasteiger partial charge in [0.15, 0.2) is 0 Å². The van der Waals surface area contributed by atoms with E-state index in [0.29, 0.717) is 4.88 Å². The van der Waals surface area contributed by atoms with Gasteiger partial charge in [0.2, 0.25) is 0 Å². The lowest BCUT2D eigenvalue weighted by atomic mass is 10.0. The summed E-state index contributed by atoms with van der Waals surface area (Å²) in [5.74, 6) is -2.16. The van der Waals surface area contributed by atoms with Crippen molar-refractivity contribution in [1.29, 1.82) is 0 Å². The molecule has 1 rings (SSSR count). The number of rotatable bonds is 4. The van der Waals surface area contributed by atoms with Crippen LogP contribution in [-0.2, 0) is 9.59 Å². The van der Waals surface area contributed by atoms with Crippen molar-refractivity contribution in [2.75, 3.05) is 0 Å². The molecule has 1 aromatic heterocycles. The molecule has 1 amide bonds. The predicted octanol–water partition coefficient (Wildman–Crippen LogP) is 1.60. The topological polar surface area (TPSA) is 63.2 Å². The standard InChI is InChI=1S/C11H11NO3S2/c1-6(13)9(7(2)14)11(16)12-10(15)8-4-3-5-17-8/h3-5,9H,1-2H3,(H,12,15,16). The smallest absolute Gasteiger partial charge is 0.266 e. The Balaban J connectivity index is 2.75. The number of nitrogens with one attached hydrogen (secondary N) is 1. The van der Waals surface area contributed by atoms with Crippen LogP contribution in [0.2, 0.25) is 0 Å². The summed E-state index contributed by atoms with van der Waals surface area (Å²) in [5.41, 5.74) is 0. The third-order valence-corrected chi connectivity index (χ3v) is 3.26. The van der Waals surface area contributed by atoms with Crippen LogP contribution in [0.15, 0.2) is 17.5 Å². The minimum absolute atomic E-state index is 0.0385. The number of hydrogen-bond acceptors (Lipinski definition) is 5. The van der Waals surface area contributed by atoms with Crippen molar-refractivity contribution in [3.05, 3.63) is 22.4 Å². The summed E-state index contributed by atoms with van der Waals surface area (Å²) in [6, 6.07) is 3.37. The fraction of sp³-hybridized carbons (Fsp3) is 0.273. The number of Topliss-reactive ketones (excluding diaryl/α,β-unsaturated/α-hetero) is 2. The maximum atomic E-state index is 11.7. The van der Waals surface area contributed by atoms with E-state index in [9.17, 15) is 14.4 Å². The Hall–Kier alpha value is -1.40. The van der Waals surface area contributed by atoms with E-state index in [1.165, 1.54) is 25.2 Å². The van der Waals surface area contributed by atoms with E-state index < -0.39 is 11.8 Å². The second-order valence-electron chi connectivity index (χ2n) is 3.45. The Morgan fingerprint density at radius 1 is 1.29 bits per heavy atom. The number of hydrogen-bond donors (Lipinski definition) is 1. The molecule has 1 N–H and O–H groups in total. The molecule has 6 heteroatoms. The third-order valence-electron chi connectivity index (χ3n) is 2.06. The lowest BCUT2D eigenvalue weighted by Crippen LogP contribution is -2.40. The van der Waals surface area contributed by atoms with Gasteiger partial charge in [0.1, 0.15) is 22.5 Å². The molecule has 17 heavy (non-hydrogen) atoms. The molecule has 0 aromatic carbocycles. The van der Waals surface area contributed by atoms with Gasteiger partial charge in [-0.15, -0.1) is 11.3 Å². The summed E-state index contributed by atoms with van der Waals surface area (Å²) in [5, 5.41) is 4.16. The fourth-order valence-corrected chi connectivity index (χ4v) is 2.35. The van der Waals surface area contributed by atoms with Gasteiger partial charge in [0, 0.05) is 0 Å².